The second-order valence-corrected chi connectivity index (χ2v) is 10.4. The Kier molecular flexibility index (Phi) is 10.1. The van der Waals surface area contributed by atoms with E-state index in [2.05, 4.69) is 17.1 Å². The molecule has 1 aromatic heterocycles. The first-order valence-corrected chi connectivity index (χ1v) is 13.3. The Balaban J connectivity index is 0.00000380. The van der Waals surface area contributed by atoms with Gasteiger partial charge >= 0.3 is 5.97 Å². The van der Waals surface area contributed by atoms with Crippen LogP contribution in [0.3, 0.4) is 0 Å². The first-order chi connectivity index (χ1) is 17.3. The van der Waals surface area contributed by atoms with Crippen molar-refractivity contribution < 1.29 is 31.2 Å². The minimum Gasteiger partial charge on any atom is -0.625 e. The third kappa shape index (κ3) is 6.69. The van der Waals surface area contributed by atoms with Gasteiger partial charge in [0, 0.05) is 32.0 Å². The number of likely N-dealkylation sites (N-methyl/N-ethyl adjacent to an activating group) is 1. The van der Waals surface area contributed by atoms with Gasteiger partial charge in [-0.15, -0.1) is 17.0 Å². The predicted octanol–water partition coefficient (Wildman–Crippen LogP) is 6.86. The average molecular weight is 582 g/mol. The zero-order chi connectivity index (χ0) is 25.7. The van der Waals surface area contributed by atoms with Gasteiger partial charge < -0.3 is 15.2 Å². The standard InChI is InChI=1S/C28H30ClN3O3S.Ni/c1-3-32-15-8-14-28(32,2)27(35)31-22-13-12-20(29)17-21(22)26(19-9-5-4-6-10-19)30-23(18-25(33)34)24-11-7-16-36-24;/h4-7,9-13,16-17,23H,3,8,14-15,18H2,1-2H3,(H2,30,31,33,34,35);/p-1/t23-,28+;/m0./s1. The van der Waals surface area contributed by atoms with Crippen molar-refractivity contribution >= 4 is 46.2 Å². The van der Waals surface area contributed by atoms with Crippen molar-refractivity contribution in [2.24, 2.45) is 4.99 Å². The van der Waals surface area contributed by atoms with Crippen molar-refractivity contribution in [3.05, 3.63) is 92.4 Å². The summed E-state index contributed by atoms with van der Waals surface area (Å²) in [7, 11) is 0. The van der Waals surface area contributed by atoms with Crippen LogP contribution in [-0.2, 0) is 26.1 Å². The molecule has 1 aliphatic heterocycles. The molecule has 0 aliphatic carbocycles. The summed E-state index contributed by atoms with van der Waals surface area (Å²) < 4.78 is 0. The van der Waals surface area contributed by atoms with Crippen molar-refractivity contribution in [3.8, 4) is 0 Å². The maximum absolute atomic E-state index is 13.5. The topological polar surface area (TPSA) is 84.1 Å². The number of aliphatic imine (C=N–C) groups is 1. The number of carboxylic acid groups (broad SMARTS) is 1. The van der Waals surface area contributed by atoms with Gasteiger partial charge in [-0.2, -0.15) is 0 Å². The molecule has 0 spiro atoms. The number of benzene rings is 2. The number of amides is 1. The number of likely N-dealkylation sites (tertiary alicyclic amines) is 1. The number of carbonyl (C=O) groups excluding carboxylic acids is 1. The van der Waals surface area contributed by atoms with Gasteiger partial charge in [0.25, 0.3) is 0 Å². The van der Waals surface area contributed by atoms with E-state index < -0.39 is 17.6 Å². The first-order valence-electron chi connectivity index (χ1n) is 12.0. The van der Waals surface area contributed by atoms with Crippen LogP contribution in [0.4, 0.5) is 5.69 Å². The van der Waals surface area contributed by atoms with Crippen molar-refractivity contribution in [1.82, 2.24) is 4.90 Å². The van der Waals surface area contributed by atoms with Crippen molar-refractivity contribution in [2.75, 3.05) is 13.1 Å². The quantitative estimate of drug-likeness (QED) is 0.221. The molecule has 0 radical (unpaired) electrons. The van der Waals surface area contributed by atoms with Crippen molar-refractivity contribution in [3.63, 3.8) is 0 Å². The zero-order valence-electron chi connectivity index (χ0n) is 20.7. The van der Waals surface area contributed by atoms with Crippen LogP contribution in [-0.4, -0.2) is 46.2 Å². The molecular formula is C28H29ClN3NiO3S-. The summed E-state index contributed by atoms with van der Waals surface area (Å²) in [6, 6.07) is 17.9. The van der Waals surface area contributed by atoms with E-state index in [0.29, 0.717) is 22.0 Å². The summed E-state index contributed by atoms with van der Waals surface area (Å²) >= 11 is 7.89. The van der Waals surface area contributed by atoms with Crippen LogP contribution in [0.5, 0.6) is 0 Å². The number of hydrogen-bond donors (Lipinski definition) is 1. The molecule has 6 nitrogen and oxygen atoms in total. The Labute approximate surface area is 236 Å². The van der Waals surface area contributed by atoms with Crippen molar-refractivity contribution in [2.45, 2.75) is 44.7 Å². The smallest absolute Gasteiger partial charge is 0.305 e. The van der Waals surface area contributed by atoms with Gasteiger partial charge in [0.15, 0.2) is 0 Å². The van der Waals surface area contributed by atoms with Gasteiger partial charge in [-0.25, -0.2) is 0 Å². The Morgan fingerprint density at radius 3 is 2.59 bits per heavy atom. The maximum Gasteiger partial charge on any atom is 0.305 e. The molecule has 0 unspecified atom stereocenters. The van der Waals surface area contributed by atoms with Crippen LogP contribution in [0.25, 0.3) is 5.32 Å². The van der Waals surface area contributed by atoms with E-state index in [-0.39, 0.29) is 28.8 Å². The molecule has 1 aliphatic rings. The van der Waals surface area contributed by atoms with E-state index in [4.69, 9.17) is 16.6 Å². The molecule has 37 heavy (non-hydrogen) atoms. The maximum atomic E-state index is 13.5. The largest absolute Gasteiger partial charge is 0.625 e. The summed E-state index contributed by atoms with van der Waals surface area (Å²) in [5.41, 5.74) is 1.75. The molecule has 9 heteroatoms. The molecular weight excluding hydrogens is 553 g/mol. The van der Waals surface area contributed by atoms with Crippen LogP contribution >= 0.6 is 22.9 Å². The molecule has 1 N–H and O–H groups in total. The Bertz CT molecular complexity index is 1250. The van der Waals surface area contributed by atoms with Crippen LogP contribution in [0, 0.1) is 0 Å². The monoisotopic (exact) mass is 580 g/mol. The molecule has 1 fully saturated rings. The second-order valence-electron chi connectivity index (χ2n) is 9.01. The number of carbonyl (C=O) groups is 2. The summed E-state index contributed by atoms with van der Waals surface area (Å²) in [5, 5.41) is 16.6. The Hall–Kier alpha value is -2.51. The molecule has 198 valence electrons. The molecule has 0 bridgehead atoms. The average Bonchev–Trinajstić information content (AvgIpc) is 3.54. The molecule has 2 atom stereocenters. The Morgan fingerprint density at radius 1 is 1.19 bits per heavy atom. The molecule has 4 rings (SSSR count). The summed E-state index contributed by atoms with van der Waals surface area (Å²) in [6.07, 6.45) is 1.55. The molecule has 1 saturated heterocycles. The first kappa shape index (κ1) is 29.1. The van der Waals surface area contributed by atoms with E-state index in [9.17, 15) is 14.7 Å². The van der Waals surface area contributed by atoms with Gasteiger partial charge in [0.05, 0.1) is 29.6 Å². The molecule has 2 aromatic carbocycles. The minimum absolute atomic E-state index is 0. The number of aliphatic carboxylic acids is 1. The van der Waals surface area contributed by atoms with Crippen LogP contribution in [0.2, 0.25) is 5.02 Å². The van der Waals surface area contributed by atoms with E-state index in [1.54, 1.807) is 18.2 Å². The molecule has 2 heterocycles. The number of carboxylic acids is 1. The second kappa shape index (κ2) is 12.8. The van der Waals surface area contributed by atoms with Gasteiger partial charge in [-0.1, -0.05) is 61.0 Å². The normalized spacial score (nSPS) is 18.7. The van der Waals surface area contributed by atoms with Crippen LogP contribution in [0.1, 0.15) is 55.2 Å². The van der Waals surface area contributed by atoms with Crippen LogP contribution < -0.4 is 0 Å². The number of halogens is 1. The van der Waals surface area contributed by atoms with Gasteiger partial charge in [-0.05, 0) is 62.0 Å². The summed E-state index contributed by atoms with van der Waals surface area (Å²) in [4.78, 5) is 33.2. The zero-order valence-corrected chi connectivity index (χ0v) is 23.2. The van der Waals surface area contributed by atoms with Gasteiger partial charge in [0.2, 0.25) is 0 Å². The summed E-state index contributed by atoms with van der Waals surface area (Å²) in [5.74, 6) is -1.14. The van der Waals surface area contributed by atoms with Gasteiger partial charge in [0.1, 0.15) is 0 Å². The predicted molar refractivity (Wildman–Crippen MR) is 146 cm³/mol. The van der Waals surface area contributed by atoms with Gasteiger partial charge in [-0.3, -0.25) is 14.7 Å². The fraction of sp³-hybridized carbons (Fsp3) is 0.321. The van der Waals surface area contributed by atoms with E-state index >= 15 is 0 Å². The summed E-state index contributed by atoms with van der Waals surface area (Å²) in [6.45, 7) is 5.66. The van der Waals surface area contributed by atoms with Crippen LogP contribution in [0.15, 0.2) is 71.0 Å². The Morgan fingerprint density at radius 2 is 1.95 bits per heavy atom. The number of thiophene rings is 1. The van der Waals surface area contributed by atoms with Crippen molar-refractivity contribution in [1.29, 1.82) is 0 Å². The number of nitrogens with zero attached hydrogens (tertiary/aromatic N) is 3. The minimum atomic E-state index is -0.940. The fourth-order valence-electron chi connectivity index (χ4n) is 4.70. The third-order valence-corrected chi connectivity index (χ3v) is 7.85. The SMILES string of the molecule is CCN1CCC[C@]1(C)C(=O)[N-]c1ccc(Cl)cc1C(=N[C@@H](CC(=O)O)c1cccs1)c1ccccc1.[Ni]. The van der Waals surface area contributed by atoms with E-state index in [1.807, 2.05) is 54.8 Å². The van der Waals surface area contributed by atoms with E-state index in [1.165, 1.54) is 11.3 Å². The molecule has 1 amide bonds. The number of rotatable bonds is 9. The number of hydrogen-bond acceptors (Lipinski definition) is 5. The fourth-order valence-corrected chi connectivity index (χ4v) is 5.64. The van der Waals surface area contributed by atoms with E-state index in [0.717, 1.165) is 36.4 Å². The molecule has 3 aromatic rings. The third-order valence-electron chi connectivity index (χ3n) is 6.64. The molecule has 0 saturated carbocycles.